The Bertz CT molecular complexity index is 457. The lowest BCUT2D eigenvalue weighted by Crippen LogP contribution is -2.32. The molecule has 1 aromatic rings. The third kappa shape index (κ3) is 2.45. The van der Waals surface area contributed by atoms with Crippen molar-refractivity contribution in [3.8, 4) is 12.3 Å². The van der Waals surface area contributed by atoms with Crippen molar-refractivity contribution in [2.24, 2.45) is 0 Å². The van der Waals surface area contributed by atoms with Gasteiger partial charge in [-0.25, -0.2) is 0 Å². The van der Waals surface area contributed by atoms with E-state index in [-0.39, 0.29) is 6.54 Å². The zero-order valence-electron chi connectivity index (χ0n) is 9.22. The smallest absolute Gasteiger partial charge is 0.288 e. The van der Waals surface area contributed by atoms with Crippen LogP contribution in [0.1, 0.15) is 16.7 Å². The highest BCUT2D eigenvalue weighted by Crippen LogP contribution is 2.35. The lowest BCUT2D eigenvalue weighted by atomic mass is 9.94. The molecule has 0 atom stereocenters. The molecule has 90 valence electrons. The van der Waals surface area contributed by atoms with E-state index >= 15 is 0 Å². The fraction of sp³-hybridized carbons (Fsp3) is 0.385. The molecule has 4 heteroatoms. The molecule has 0 fully saturated rings. The van der Waals surface area contributed by atoms with E-state index in [0.717, 1.165) is 18.2 Å². The van der Waals surface area contributed by atoms with Crippen LogP contribution in [-0.4, -0.2) is 18.0 Å². The highest BCUT2D eigenvalue weighted by Gasteiger charge is 2.35. The van der Waals surface area contributed by atoms with Crippen molar-refractivity contribution >= 4 is 0 Å². The molecule has 0 spiro atoms. The van der Waals surface area contributed by atoms with Gasteiger partial charge in [0.05, 0.1) is 12.1 Å². The molecular formula is C13H12F3N. The van der Waals surface area contributed by atoms with Gasteiger partial charge in [0.2, 0.25) is 0 Å². The second-order valence-electron chi connectivity index (χ2n) is 4.11. The molecule has 0 amide bonds. The minimum atomic E-state index is -4.29. The van der Waals surface area contributed by atoms with E-state index in [1.807, 2.05) is 4.90 Å². The van der Waals surface area contributed by atoms with E-state index in [0.29, 0.717) is 18.5 Å². The number of benzene rings is 1. The van der Waals surface area contributed by atoms with Gasteiger partial charge in [-0.1, -0.05) is 18.1 Å². The maximum absolute atomic E-state index is 12.8. The van der Waals surface area contributed by atoms with Crippen molar-refractivity contribution in [2.75, 3.05) is 13.1 Å². The Morgan fingerprint density at radius 1 is 1.35 bits per heavy atom. The maximum atomic E-state index is 12.8. The Hall–Kier alpha value is -1.47. The number of fused-ring (bicyclic) bond motifs is 1. The largest absolute Gasteiger partial charge is 0.416 e. The monoisotopic (exact) mass is 239 g/mol. The summed E-state index contributed by atoms with van der Waals surface area (Å²) in [5.41, 5.74) is 0.631. The van der Waals surface area contributed by atoms with E-state index < -0.39 is 11.7 Å². The molecule has 0 N–H and O–H groups in total. The predicted octanol–water partition coefficient (Wildman–Crippen LogP) is 2.70. The minimum Gasteiger partial charge on any atom is -0.288 e. The van der Waals surface area contributed by atoms with Gasteiger partial charge in [0.15, 0.2) is 0 Å². The van der Waals surface area contributed by atoms with Gasteiger partial charge in [-0.2, -0.15) is 13.2 Å². The van der Waals surface area contributed by atoms with E-state index in [4.69, 9.17) is 6.42 Å². The summed E-state index contributed by atoms with van der Waals surface area (Å²) in [5.74, 6) is 2.47. The van der Waals surface area contributed by atoms with Crippen molar-refractivity contribution in [1.82, 2.24) is 4.90 Å². The molecule has 0 unspecified atom stereocenters. The summed E-state index contributed by atoms with van der Waals surface area (Å²) in [5, 5.41) is 0. The molecule has 0 aromatic heterocycles. The lowest BCUT2D eigenvalue weighted by molar-refractivity contribution is -0.138. The summed E-state index contributed by atoms with van der Waals surface area (Å²) in [4.78, 5) is 1.86. The average Bonchev–Trinajstić information content (AvgIpc) is 2.27. The van der Waals surface area contributed by atoms with Crippen molar-refractivity contribution in [1.29, 1.82) is 0 Å². The molecular weight excluding hydrogens is 227 g/mol. The van der Waals surface area contributed by atoms with E-state index in [2.05, 4.69) is 5.92 Å². The molecule has 2 rings (SSSR count). The van der Waals surface area contributed by atoms with E-state index in [1.165, 1.54) is 6.07 Å². The Morgan fingerprint density at radius 3 is 2.76 bits per heavy atom. The number of hydrogen-bond acceptors (Lipinski definition) is 1. The number of alkyl halides is 3. The minimum absolute atomic E-state index is 0.287. The molecule has 0 saturated carbocycles. The van der Waals surface area contributed by atoms with Crippen LogP contribution in [0.4, 0.5) is 13.2 Å². The predicted molar refractivity (Wildman–Crippen MR) is 59.3 cm³/mol. The van der Waals surface area contributed by atoms with Crippen molar-refractivity contribution in [3.05, 3.63) is 34.9 Å². The number of terminal acetylenes is 1. The molecule has 0 bridgehead atoms. The van der Waals surface area contributed by atoms with Gasteiger partial charge in [0.25, 0.3) is 0 Å². The zero-order valence-corrected chi connectivity index (χ0v) is 9.22. The van der Waals surface area contributed by atoms with Crippen molar-refractivity contribution in [2.45, 2.75) is 19.1 Å². The summed E-state index contributed by atoms with van der Waals surface area (Å²) < 4.78 is 38.5. The van der Waals surface area contributed by atoms with Crippen LogP contribution in [0.5, 0.6) is 0 Å². The van der Waals surface area contributed by atoms with Crippen LogP contribution >= 0.6 is 0 Å². The number of hydrogen-bond donors (Lipinski definition) is 0. The highest BCUT2D eigenvalue weighted by atomic mass is 19.4. The Labute approximate surface area is 98.2 Å². The van der Waals surface area contributed by atoms with Gasteiger partial charge in [-0.15, -0.1) is 6.42 Å². The Kier molecular flexibility index (Phi) is 3.12. The van der Waals surface area contributed by atoms with Gasteiger partial charge >= 0.3 is 6.18 Å². The van der Waals surface area contributed by atoms with Gasteiger partial charge in [-0.3, -0.25) is 4.90 Å². The average molecular weight is 239 g/mol. The number of nitrogens with zero attached hydrogens (tertiary/aromatic N) is 1. The van der Waals surface area contributed by atoms with Crippen LogP contribution in [0.15, 0.2) is 18.2 Å². The molecule has 1 nitrogen and oxygen atoms in total. The Balaban J connectivity index is 2.37. The van der Waals surface area contributed by atoms with Crippen molar-refractivity contribution < 1.29 is 13.2 Å². The summed E-state index contributed by atoms with van der Waals surface area (Å²) in [6, 6.07) is 4.37. The topological polar surface area (TPSA) is 3.24 Å². The molecule has 1 aliphatic rings. The number of rotatable bonds is 1. The summed E-state index contributed by atoms with van der Waals surface area (Å²) in [6.45, 7) is 1.40. The third-order valence-electron chi connectivity index (χ3n) is 2.97. The van der Waals surface area contributed by atoms with Gasteiger partial charge in [0.1, 0.15) is 0 Å². The first-order chi connectivity index (χ1) is 8.02. The molecule has 1 heterocycles. The molecule has 17 heavy (non-hydrogen) atoms. The van der Waals surface area contributed by atoms with E-state index in [9.17, 15) is 13.2 Å². The maximum Gasteiger partial charge on any atom is 0.416 e. The lowest BCUT2D eigenvalue weighted by Gasteiger charge is -2.29. The first-order valence-corrected chi connectivity index (χ1v) is 5.36. The summed E-state index contributed by atoms with van der Waals surface area (Å²) in [6.07, 6.45) is 1.53. The molecule has 1 aromatic carbocycles. The number of halogens is 3. The zero-order chi connectivity index (χ0) is 12.5. The van der Waals surface area contributed by atoms with Crippen LogP contribution in [0.3, 0.4) is 0 Å². The molecule has 0 radical (unpaired) electrons. The van der Waals surface area contributed by atoms with Gasteiger partial charge < -0.3 is 0 Å². The normalized spacial score (nSPS) is 16.4. The standard InChI is InChI=1S/C13H12F3N/c1-2-7-17-8-6-10-4-3-5-12(11(10)9-17)13(14,15)16/h1,3-5H,6-9H2. The molecule has 0 saturated heterocycles. The van der Waals surface area contributed by atoms with Gasteiger partial charge in [-0.05, 0) is 23.6 Å². The summed E-state index contributed by atoms with van der Waals surface area (Å²) >= 11 is 0. The molecule has 0 aliphatic carbocycles. The van der Waals surface area contributed by atoms with Crippen LogP contribution in [0.25, 0.3) is 0 Å². The fourth-order valence-electron chi connectivity index (χ4n) is 2.17. The summed E-state index contributed by atoms with van der Waals surface area (Å²) in [7, 11) is 0. The van der Waals surface area contributed by atoms with Crippen LogP contribution < -0.4 is 0 Å². The van der Waals surface area contributed by atoms with Crippen LogP contribution in [0.2, 0.25) is 0 Å². The quantitative estimate of drug-likeness (QED) is 0.681. The molecule has 1 aliphatic heterocycles. The highest BCUT2D eigenvalue weighted by molar-refractivity contribution is 5.38. The Morgan fingerprint density at radius 2 is 2.12 bits per heavy atom. The van der Waals surface area contributed by atoms with Crippen molar-refractivity contribution in [3.63, 3.8) is 0 Å². The van der Waals surface area contributed by atoms with E-state index in [1.54, 1.807) is 6.07 Å². The third-order valence-corrected chi connectivity index (χ3v) is 2.97. The SMILES string of the molecule is C#CCN1CCc2cccc(C(F)(F)F)c2C1. The first-order valence-electron chi connectivity index (χ1n) is 5.36. The van der Waals surface area contributed by atoms with Crippen LogP contribution in [0, 0.1) is 12.3 Å². The first kappa shape index (κ1) is 12.0. The second kappa shape index (κ2) is 4.42. The fourth-order valence-corrected chi connectivity index (χ4v) is 2.17. The second-order valence-corrected chi connectivity index (χ2v) is 4.11. The van der Waals surface area contributed by atoms with Gasteiger partial charge in [0, 0.05) is 13.1 Å². The van der Waals surface area contributed by atoms with Crippen LogP contribution in [-0.2, 0) is 19.1 Å².